The standard InChI is InChI=1S/C10H8ClN5O4/c1-20-10-13-9(14-15-10)12-8(17)6-4-5(11)2-3-7(6)16(18)19/h2-4H,1H3,(H2,12,13,14,15,17). The molecule has 2 aromatic rings. The maximum atomic E-state index is 12.0. The molecule has 1 aromatic heterocycles. The first-order chi connectivity index (χ1) is 9.51. The molecule has 1 aromatic carbocycles. The van der Waals surface area contributed by atoms with E-state index in [2.05, 4.69) is 20.5 Å². The van der Waals surface area contributed by atoms with E-state index in [0.717, 1.165) is 6.07 Å². The monoisotopic (exact) mass is 297 g/mol. The molecule has 0 aliphatic heterocycles. The normalized spacial score (nSPS) is 10.1. The Balaban J connectivity index is 2.28. The highest BCUT2D eigenvalue weighted by Crippen LogP contribution is 2.23. The van der Waals surface area contributed by atoms with Crippen LogP contribution in [0, 0.1) is 10.1 Å². The lowest BCUT2D eigenvalue weighted by Gasteiger charge is -2.03. The molecule has 9 nitrogen and oxygen atoms in total. The van der Waals surface area contributed by atoms with Crippen LogP contribution in [-0.2, 0) is 0 Å². The number of amides is 1. The third-order valence-corrected chi connectivity index (χ3v) is 2.51. The Hall–Kier alpha value is -2.68. The Bertz CT molecular complexity index is 671. The van der Waals surface area contributed by atoms with Gasteiger partial charge in [0.1, 0.15) is 5.56 Å². The van der Waals surface area contributed by atoms with Crippen LogP contribution in [0.3, 0.4) is 0 Å². The number of hydrogen-bond donors (Lipinski definition) is 2. The molecule has 0 fully saturated rings. The van der Waals surface area contributed by atoms with Crippen molar-refractivity contribution in [3.63, 3.8) is 0 Å². The van der Waals surface area contributed by atoms with Gasteiger partial charge in [0, 0.05) is 11.1 Å². The summed E-state index contributed by atoms with van der Waals surface area (Å²) in [6.07, 6.45) is 0. The number of nitrogens with zero attached hydrogens (tertiary/aromatic N) is 3. The number of H-pyrrole nitrogens is 1. The molecule has 0 aliphatic rings. The molecule has 0 bridgehead atoms. The van der Waals surface area contributed by atoms with Gasteiger partial charge in [-0.25, -0.2) is 5.10 Å². The van der Waals surface area contributed by atoms with E-state index < -0.39 is 10.8 Å². The molecule has 104 valence electrons. The van der Waals surface area contributed by atoms with E-state index in [9.17, 15) is 14.9 Å². The van der Waals surface area contributed by atoms with E-state index in [1.807, 2.05) is 0 Å². The van der Waals surface area contributed by atoms with Crippen molar-refractivity contribution >= 4 is 29.1 Å². The molecular formula is C10H8ClN5O4. The minimum Gasteiger partial charge on any atom is -0.466 e. The second-order valence-corrected chi connectivity index (χ2v) is 3.98. The number of ether oxygens (including phenoxy) is 1. The van der Waals surface area contributed by atoms with Gasteiger partial charge in [-0.1, -0.05) is 11.6 Å². The zero-order valence-corrected chi connectivity index (χ0v) is 10.8. The number of methoxy groups -OCH3 is 1. The molecule has 10 heteroatoms. The van der Waals surface area contributed by atoms with Crippen molar-refractivity contribution in [2.24, 2.45) is 0 Å². The summed E-state index contributed by atoms with van der Waals surface area (Å²) in [6, 6.07) is 3.70. The van der Waals surface area contributed by atoms with Crippen molar-refractivity contribution in [1.29, 1.82) is 0 Å². The Morgan fingerprint density at radius 2 is 2.30 bits per heavy atom. The van der Waals surface area contributed by atoms with Crippen LogP contribution in [0.1, 0.15) is 10.4 Å². The van der Waals surface area contributed by atoms with Crippen LogP contribution in [0.15, 0.2) is 18.2 Å². The minimum atomic E-state index is -0.738. The maximum Gasteiger partial charge on any atom is 0.336 e. The molecular weight excluding hydrogens is 290 g/mol. The summed E-state index contributed by atoms with van der Waals surface area (Å²) < 4.78 is 4.73. The van der Waals surface area contributed by atoms with Crippen molar-refractivity contribution in [2.45, 2.75) is 0 Å². The first kappa shape index (κ1) is 13.7. The topological polar surface area (TPSA) is 123 Å². The van der Waals surface area contributed by atoms with E-state index >= 15 is 0 Å². The van der Waals surface area contributed by atoms with Crippen molar-refractivity contribution in [3.05, 3.63) is 38.9 Å². The number of nitrogens with one attached hydrogen (secondary N) is 2. The van der Waals surface area contributed by atoms with Crippen LogP contribution in [0.2, 0.25) is 5.02 Å². The lowest BCUT2D eigenvalue weighted by atomic mass is 10.1. The SMILES string of the molecule is COc1n[nH]c(NC(=O)c2cc(Cl)ccc2[N+](=O)[O-])n1. The fourth-order valence-corrected chi connectivity index (χ4v) is 1.59. The van der Waals surface area contributed by atoms with Crippen molar-refractivity contribution < 1.29 is 14.5 Å². The molecule has 0 saturated heterocycles. The predicted molar refractivity (Wildman–Crippen MR) is 69.0 cm³/mol. The predicted octanol–water partition coefficient (Wildman–Crippen LogP) is 1.63. The van der Waals surface area contributed by atoms with E-state index in [1.165, 1.54) is 19.2 Å². The number of rotatable bonds is 4. The fourth-order valence-electron chi connectivity index (χ4n) is 1.42. The fraction of sp³-hybridized carbons (Fsp3) is 0.100. The van der Waals surface area contributed by atoms with Gasteiger partial charge in [-0.3, -0.25) is 20.2 Å². The Morgan fingerprint density at radius 1 is 1.55 bits per heavy atom. The van der Waals surface area contributed by atoms with Crippen molar-refractivity contribution in [2.75, 3.05) is 12.4 Å². The summed E-state index contributed by atoms with van der Waals surface area (Å²) in [7, 11) is 1.36. The van der Waals surface area contributed by atoms with Crippen LogP contribution in [0.25, 0.3) is 0 Å². The van der Waals surface area contributed by atoms with Gasteiger partial charge in [-0.05, 0) is 12.1 Å². The van der Waals surface area contributed by atoms with E-state index in [1.54, 1.807) is 0 Å². The second kappa shape index (κ2) is 5.53. The number of halogens is 1. The van der Waals surface area contributed by atoms with Gasteiger partial charge in [-0.15, -0.1) is 5.10 Å². The molecule has 2 N–H and O–H groups in total. The van der Waals surface area contributed by atoms with Gasteiger partial charge in [0.05, 0.1) is 12.0 Å². The van der Waals surface area contributed by atoms with E-state index in [-0.39, 0.29) is 28.2 Å². The first-order valence-electron chi connectivity index (χ1n) is 5.23. The molecule has 20 heavy (non-hydrogen) atoms. The number of nitro benzene ring substituents is 1. The van der Waals surface area contributed by atoms with Crippen LogP contribution in [-0.4, -0.2) is 33.1 Å². The van der Waals surface area contributed by atoms with Gasteiger partial charge < -0.3 is 4.74 Å². The highest BCUT2D eigenvalue weighted by Gasteiger charge is 2.21. The van der Waals surface area contributed by atoms with Crippen LogP contribution < -0.4 is 10.1 Å². The van der Waals surface area contributed by atoms with E-state index in [4.69, 9.17) is 16.3 Å². The largest absolute Gasteiger partial charge is 0.466 e. The van der Waals surface area contributed by atoms with Gasteiger partial charge >= 0.3 is 6.01 Å². The third-order valence-electron chi connectivity index (χ3n) is 2.28. The molecule has 0 aliphatic carbocycles. The molecule has 0 radical (unpaired) electrons. The summed E-state index contributed by atoms with van der Waals surface area (Å²) in [5, 5.41) is 19.4. The number of anilines is 1. The number of hydrogen-bond acceptors (Lipinski definition) is 6. The van der Waals surface area contributed by atoms with Crippen LogP contribution >= 0.6 is 11.6 Å². The maximum absolute atomic E-state index is 12.0. The van der Waals surface area contributed by atoms with Crippen molar-refractivity contribution in [3.8, 4) is 6.01 Å². The summed E-state index contributed by atoms with van der Waals surface area (Å²) in [5.74, 6) is -0.737. The molecule has 0 spiro atoms. The molecule has 0 unspecified atom stereocenters. The highest BCUT2D eigenvalue weighted by atomic mass is 35.5. The van der Waals surface area contributed by atoms with Gasteiger partial charge in [0.25, 0.3) is 11.6 Å². The molecule has 1 amide bonds. The molecule has 2 rings (SSSR count). The Kier molecular flexibility index (Phi) is 3.80. The second-order valence-electron chi connectivity index (χ2n) is 3.54. The quantitative estimate of drug-likeness (QED) is 0.653. The van der Waals surface area contributed by atoms with Gasteiger partial charge in [0.15, 0.2) is 0 Å². The molecule has 0 saturated carbocycles. The highest BCUT2D eigenvalue weighted by molar-refractivity contribution is 6.31. The lowest BCUT2D eigenvalue weighted by molar-refractivity contribution is -0.385. The van der Waals surface area contributed by atoms with Gasteiger partial charge in [-0.2, -0.15) is 4.98 Å². The number of aromatic nitrogens is 3. The van der Waals surface area contributed by atoms with Gasteiger partial charge in [0.2, 0.25) is 5.95 Å². The third kappa shape index (κ3) is 2.83. The Morgan fingerprint density at radius 3 is 2.90 bits per heavy atom. The summed E-state index contributed by atoms with van der Waals surface area (Å²) in [4.78, 5) is 25.9. The average molecular weight is 298 g/mol. The lowest BCUT2D eigenvalue weighted by Crippen LogP contribution is -2.15. The van der Waals surface area contributed by atoms with E-state index in [0.29, 0.717) is 0 Å². The zero-order valence-electron chi connectivity index (χ0n) is 10.1. The smallest absolute Gasteiger partial charge is 0.336 e. The average Bonchev–Trinajstić information content (AvgIpc) is 2.85. The first-order valence-corrected chi connectivity index (χ1v) is 5.60. The summed E-state index contributed by atoms with van der Waals surface area (Å²) in [5.41, 5.74) is -0.545. The minimum absolute atomic E-state index is 0.00104. The Labute approximate surface area is 117 Å². The number of carbonyl (C=O) groups excluding carboxylic acids is 1. The zero-order chi connectivity index (χ0) is 14.7. The van der Waals surface area contributed by atoms with Crippen LogP contribution in [0.4, 0.5) is 11.6 Å². The molecule has 1 heterocycles. The number of aromatic amines is 1. The van der Waals surface area contributed by atoms with Crippen LogP contribution in [0.5, 0.6) is 6.01 Å². The van der Waals surface area contributed by atoms with Crippen molar-refractivity contribution in [1.82, 2.24) is 15.2 Å². The number of nitro groups is 1. The number of benzene rings is 1. The summed E-state index contributed by atoms with van der Waals surface area (Å²) in [6.45, 7) is 0. The number of carbonyl (C=O) groups is 1. The summed E-state index contributed by atoms with van der Waals surface area (Å²) >= 11 is 5.74. The molecule has 0 atom stereocenters.